The summed E-state index contributed by atoms with van der Waals surface area (Å²) in [5.74, 6) is -3.98. The zero-order valence-electron chi connectivity index (χ0n) is 15.7. The van der Waals surface area contributed by atoms with Crippen LogP contribution in [0.1, 0.15) is 36.5 Å². The Morgan fingerprint density at radius 1 is 1.04 bits per heavy atom. The van der Waals surface area contributed by atoms with Gasteiger partial charge in [-0.3, -0.25) is 4.79 Å². The maximum absolute atomic E-state index is 13.4. The molecule has 0 unspecified atom stereocenters. The molecule has 2 aromatic rings. The molecule has 1 N–H and O–H groups in total. The van der Waals surface area contributed by atoms with Crippen LogP contribution in [0.3, 0.4) is 0 Å². The van der Waals surface area contributed by atoms with E-state index in [9.17, 15) is 18.0 Å². The first-order valence-electron chi connectivity index (χ1n) is 9.28. The van der Waals surface area contributed by atoms with Crippen molar-refractivity contribution >= 4 is 18.3 Å². The van der Waals surface area contributed by atoms with Crippen molar-refractivity contribution in [3.8, 4) is 11.1 Å². The molecule has 3 rings (SSSR count). The van der Waals surface area contributed by atoms with Crippen LogP contribution >= 0.6 is 12.4 Å². The third kappa shape index (κ3) is 4.86. The van der Waals surface area contributed by atoms with E-state index in [1.807, 2.05) is 11.8 Å². The fraction of sp³-hybridized carbons (Fsp3) is 0.381. The maximum atomic E-state index is 13.4. The SMILES string of the molecule is CCCN(C(=O)c1ccc(-c2cc(F)c(F)c(F)c2)cc1)C1CCNCC1.Cl. The number of carbonyl (C=O) groups excluding carboxylic acids is 1. The van der Waals surface area contributed by atoms with Crippen molar-refractivity contribution in [2.45, 2.75) is 32.2 Å². The van der Waals surface area contributed by atoms with Crippen molar-refractivity contribution in [3.05, 3.63) is 59.4 Å². The Bertz CT molecular complexity index is 785. The number of benzene rings is 2. The zero-order chi connectivity index (χ0) is 19.4. The van der Waals surface area contributed by atoms with Crippen LogP contribution in [0.5, 0.6) is 0 Å². The van der Waals surface area contributed by atoms with Gasteiger partial charge in [0.05, 0.1) is 0 Å². The molecule has 3 nitrogen and oxygen atoms in total. The van der Waals surface area contributed by atoms with Gasteiger partial charge in [-0.05, 0) is 67.7 Å². The fourth-order valence-corrected chi connectivity index (χ4v) is 3.50. The summed E-state index contributed by atoms with van der Waals surface area (Å²) in [4.78, 5) is 14.9. The minimum Gasteiger partial charge on any atom is -0.336 e. The molecule has 152 valence electrons. The highest BCUT2D eigenvalue weighted by atomic mass is 35.5. The first-order chi connectivity index (χ1) is 13.0. The van der Waals surface area contributed by atoms with Crippen molar-refractivity contribution in [2.24, 2.45) is 0 Å². The summed E-state index contributed by atoms with van der Waals surface area (Å²) in [5, 5.41) is 3.30. The first kappa shape index (κ1) is 22.2. The van der Waals surface area contributed by atoms with Gasteiger partial charge in [0.2, 0.25) is 0 Å². The predicted octanol–water partition coefficient (Wildman–Crippen LogP) is 4.80. The second kappa shape index (κ2) is 9.94. The predicted molar refractivity (Wildman–Crippen MR) is 106 cm³/mol. The van der Waals surface area contributed by atoms with Crippen molar-refractivity contribution in [2.75, 3.05) is 19.6 Å². The lowest BCUT2D eigenvalue weighted by molar-refractivity contribution is 0.0642. The lowest BCUT2D eigenvalue weighted by Crippen LogP contribution is -2.46. The molecule has 28 heavy (non-hydrogen) atoms. The molecule has 1 heterocycles. The molecular weight excluding hydrogens is 389 g/mol. The molecule has 2 aromatic carbocycles. The molecule has 0 radical (unpaired) electrons. The standard InChI is InChI=1S/C21H23F3N2O.ClH/c1-2-11-26(17-7-9-25-10-8-17)21(27)15-5-3-14(4-6-15)16-12-18(22)20(24)19(23)13-16;/h3-6,12-13,17,25H,2,7-11H2,1H3;1H. The van der Waals surface area contributed by atoms with Crippen LogP contribution in [-0.4, -0.2) is 36.5 Å². The van der Waals surface area contributed by atoms with Gasteiger partial charge < -0.3 is 10.2 Å². The molecule has 1 aliphatic rings. The molecule has 1 saturated heterocycles. The van der Waals surface area contributed by atoms with Crippen LogP contribution in [0.25, 0.3) is 11.1 Å². The van der Waals surface area contributed by atoms with Crippen LogP contribution in [0, 0.1) is 17.5 Å². The van der Waals surface area contributed by atoms with E-state index in [0.717, 1.165) is 44.5 Å². The van der Waals surface area contributed by atoms with Gasteiger partial charge in [-0.15, -0.1) is 12.4 Å². The molecule has 1 amide bonds. The quantitative estimate of drug-likeness (QED) is 0.715. The highest BCUT2D eigenvalue weighted by Gasteiger charge is 2.25. The average Bonchev–Trinajstić information content (AvgIpc) is 2.70. The normalized spacial score (nSPS) is 14.4. The van der Waals surface area contributed by atoms with Gasteiger partial charge in [-0.1, -0.05) is 19.1 Å². The number of nitrogens with one attached hydrogen (secondary N) is 1. The van der Waals surface area contributed by atoms with E-state index in [2.05, 4.69) is 5.32 Å². The van der Waals surface area contributed by atoms with Crippen molar-refractivity contribution < 1.29 is 18.0 Å². The minimum absolute atomic E-state index is 0. The summed E-state index contributed by atoms with van der Waals surface area (Å²) in [6.07, 6.45) is 2.73. The van der Waals surface area contributed by atoms with Gasteiger partial charge in [0.15, 0.2) is 17.5 Å². The number of nitrogens with zero attached hydrogens (tertiary/aromatic N) is 1. The van der Waals surface area contributed by atoms with E-state index in [0.29, 0.717) is 17.7 Å². The van der Waals surface area contributed by atoms with Crippen LogP contribution in [-0.2, 0) is 0 Å². The molecule has 0 atom stereocenters. The third-order valence-corrected chi connectivity index (χ3v) is 4.92. The van der Waals surface area contributed by atoms with E-state index < -0.39 is 17.5 Å². The van der Waals surface area contributed by atoms with Crippen molar-refractivity contribution in [3.63, 3.8) is 0 Å². The van der Waals surface area contributed by atoms with Crippen LogP contribution in [0.2, 0.25) is 0 Å². The van der Waals surface area contributed by atoms with Gasteiger partial charge in [0.25, 0.3) is 5.91 Å². The largest absolute Gasteiger partial charge is 0.336 e. The average molecular weight is 413 g/mol. The molecule has 0 aliphatic carbocycles. The number of hydrogen-bond donors (Lipinski definition) is 1. The zero-order valence-corrected chi connectivity index (χ0v) is 16.5. The lowest BCUT2D eigenvalue weighted by Gasteiger charge is -2.34. The Kier molecular flexibility index (Phi) is 7.89. The van der Waals surface area contributed by atoms with E-state index in [1.54, 1.807) is 24.3 Å². The third-order valence-electron chi connectivity index (χ3n) is 4.92. The highest BCUT2D eigenvalue weighted by molar-refractivity contribution is 5.95. The van der Waals surface area contributed by atoms with Gasteiger partial charge in [0, 0.05) is 18.2 Å². The summed E-state index contributed by atoms with van der Waals surface area (Å²) in [5.41, 5.74) is 1.29. The molecule has 0 aromatic heterocycles. The Balaban J connectivity index is 0.00000280. The second-order valence-electron chi connectivity index (χ2n) is 6.81. The molecule has 7 heteroatoms. The molecule has 1 aliphatic heterocycles. The number of hydrogen-bond acceptors (Lipinski definition) is 2. The molecule has 1 fully saturated rings. The molecule has 0 bridgehead atoms. The minimum atomic E-state index is -1.48. The Morgan fingerprint density at radius 3 is 2.14 bits per heavy atom. The van der Waals surface area contributed by atoms with Gasteiger partial charge in [-0.2, -0.15) is 0 Å². The Labute approximate surface area is 169 Å². The molecule has 0 spiro atoms. The fourth-order valence-electron chi connectivity index (χ4n) is 3.50. The van der Waals surface area contributed by atoms with Crippen LogP contribution in [0.4, 0.5) is 13.2 Å². The van der Waals surface area contributed by atoms with E-state index in [1.165, 1.54) is 0 Å². The number of piperidine rings is 1. The van der Waals surface area contributed by atoms with E-state index in [4.69, 9.17) is 0 Å². The van der Waals surface area contributed by atoms with E-state index >= 15 is 0 Å². The van der Waals surface area contributed by atoms with Gasteiger partial charge in [-0.25, -0.2) is 13.2 Å². The number of rotatable bonds is 5. The van der Waals surface area contributed by atoms with Crippen molar-refractivity contribution in [1.29, 1.82) is 0 Å². The first-order valence-corrected chi connectivity index (χ1v) is 9.28. The topological polar surface area (TPSA) is 32.3 Å². The van der Waals surface area contributed by atoms with E-state index in [-0.39, 0.29) is 29.9 Å². The Morgan fingerprint density at radius 2 is 1.61 bits per heavy atom. The number of halogens is 4. The molecular formula is C21H24ClF3N2O. The summed E-state index contributed by atoms with van der Waals surface area (Å²) in [6.45, 7) is 4.54. The van der Waals surface area contributed by atoms with Crippen LogP contribution < -0.4 is 5.32 Å². The summed E-state index contributed by atoms with van der Waals surface area (Å²) in [6, 6.07) is 8.69. The highest BCUT2D eigenvalue weighted by Crippen LogP contribution is 2.25. The Hall–Kier alpha value is -2.05. The second-order valence-corrected chi connectivity index (χ2v) is 6.81. The summed E-state index contributed by atoms with van der Waals surface area (Å²) < 4.78 is 40.0. The smallest absolute Gasteiger partial charge is 0.254 e. The molecule has 0 saturated carbocycles. The number of amides is 1. The monoisotopic (exact) mass is 412 g/mol. The van der Waals surface area contributed by atoms with Gasteiger partial charge in [0.1, 0.15) is 0 Å². The summed E-state index contributed by atoms with van der Waals surface area (Å²) in [7, 11) is 0. The number of carbonyl (C=O) groups is 1. The van der Waals surface area contributed by atoms with Gasteiger partial charge >= 0.3 is 0 Å². The van der Waals surface area contributed by atoms with Crippen molar-refractivity contribution in [1.82, 2.24) is 10.2 Å². The lowest BCUT2D eigenvalue weighted by atomic mass is 10.0. The maximum Gasteiger partial charge on any atom is 0.254 e. The van der Waals surface area contributed by atoms with Crippen LogP contribution in [0.15, 0.2) is 36.4 Å². The summed E-state index contributed by atoms with van der Waals surface area (Å²) >= 11 is 0.